The zero-order chi connectivity index (χ0) is 21.5. The minimum absolute atomic E-state index is 0.182. The first-order chi connectivity index (χ1) is 14.5. The zero-order valence-electron chi connectivity index (χ0n) is 17.4. The molecule has 0 heterocycles. The normalized spacial score (nSPS) is 19.0. The van der Waals surface area contributed by atoms with E-state index in [1.807, 2.05) is 25.1 Å². The van der Waals surface area contributed by atoms with E-state index in [2.05, 4.69) is 11.4 Å². The van der Waals surface area contributed by atoms with Crippen molar-refractivity contribution in [1.82, 2.24) is 0 Å². The summed E-state index contributed by atoms with van der Waals surface area (Å²) in [7, 11) is 0. The Morgan fingerprint density at radius 1 is 1.23 bits per heavy atom. The predicted octanol–water partition coefficient (Wildman–Crippen LogP) is 4.13. The van der Waals surface area contributed by atoms with E-state index in [1.54, 1.807) is 31.2 Å². The highest BCUT2D eigenvalue weighted by molar-refractivity contribution is 5.81. The molecule has 0 saturated heterocycles. The monoisotopic (exact) mass is 408 g/mol. The minimum atomic E-state index is -0.686. The second-order valence-electron chi connectivity index (χ2n) is 7.39. The van der Waals surface area contributed by atoms with E-state index in [0.717, 1.165) is 48.2 Å². The van der Waals surface area contributed by atoms with Crippen LogP contribution < -0.4 is 10.1 Å². The summed E-state index contributed by atoms with van der Waals surface area (Å²) in [5.41, 5.74) is 3.02. The van der Waals surface area contributed by atoms with Gasteiger partial charge in [-0.1, -0.05) is 13.0 Å². The average molecular weight is 408 g/mol. The number of carbonyl (C=O) groups is 1. The number of hydrogen-bond donors (Lipinski definition) is 2. The van der Waals surface area contributed by atoms with Crippen LogP contribution in [-0.2, 0) is 16.0 Å². The Bertz CT molecular complexity index is 904. The van der Waals surface area contributed by atoms with Crippen LogP contribution in [0.1, 0.15) is 55.8 Å². The molecule has 1 fully saturated rings. The highest BCUT2D eigenvalue weighted by Crippen LogP contribution is 2.31. The van der Waals surface area contributed by atoms with Crippen molar-refractivity contribution in [3.8, 4) is 11.8 Å². The standard InChI is InChI=1S/C24H28N2O4/c1-3-17-14-18(10-13-21(17)30-22-7-5-6-20(22)27)23(24(28)29-4-2)26-19-11-8-16(15-25)9-12-19/h8-14,20,22-23,26-27H,3-7H2,1-2H3. The second kappa shape index (κ2) is 10.1. The van der Waals surface area contributed by atoms with E-state index in [9.17, 15) is 9.90 Å². The number of aliphatic hydroxyl groups is 1. The Kier molecular flexibility index (Phi) is 7.31. The van der Waals surface area contributed by atoms with Crippen LogP contribution in [-0.4, -0.2) is 29.9 Å². The van der Waals surface area contributed by atoms with Gasteiger partial charge in [0.05, 0.1) is 24.3 Å². The van der Waals surface area contributed by atoms with Crippen molar-refractivity contribution in [2.45, 2.75) is 57.8 Å². The molecular weight excluding hydrogens is 380 g/mol. The van der Waals surface area contributed by atoms with Crippen LogP contribution in [0, 0.1) is 11.3 Å². The minimum Gasteiger partial charge on any atom is -0.487 e. The van der Waals surface area contributed by atoms with Gasteiger partial charge >= 0.3 is 5.97 Å². The molecule has 3 unspecified atom stereocenters. The number of aliphatic hydroxyl groups excluding tert-OH is 1. The molecule has 30 heavy (non-hydrogen) atoms. The van der Waals surface area contributed by atoms with Gasteiger partial charge in [-0.3, -0.25) is 0 Å². The van der Waals surface area contributed by atoms with Gasteiger partial charge in [-0.15, -0.1) is 0 Å². The van der Waals surface area contributed by atoms with Gasteiger partial charge in [0, 0.05) is 5.69 Å². The number of nitriles is 1. The zero-order valence-corrected chi connectivity index (χ0v) is 17.4. The number of rotatable bonds is 8. The molecular formula is C24H28N2O4. The fraction of sp³-hybridized carbons (Fsp3) is 0.417. The Balaban J connectivity index is 1.86. The number of aryl methyl sites for hydroxylation is 1. The fourth-order valence-corrected chi connectivity index (χ4v) is 3.69. The van der Waals surface area contributed by atoms with E-state index in [-0.39, 0.29) is 18.7 Å². The molecule has 0 amide bonds. The first-order valence-corrected chi connectivity index (χ1v) is 10.5. The van der Waals surface area contributed by atoms with Gasteiger partial charge in [0.15, 0.2) is 6.04 Å². The molecule has 2 N–H and O–H groups in total. The van der Waals surface area contributed by atoms with Crippen LogP contribution in [0.4, 0.5) is 5.69 Å². The van der Waals surface area contributed by atoms with Gasteiger partial charge in [-0.25, -0.2) is 4.79 Å². The first kappa shape index (κ1) is 21.7. The van der Waals surface area contributed by atoms with Crippen molar-refractivity contribution in [1.29, 1.82) is 5.26 Å². The largest absolute Gasteiger partial charge is 0.487 e. The molecule has 0 aliphatic heterocycles. The Morgan fingerprint density at radius 3 is 2.60 bits per heavy atom. The summed E-state index contributed by atoms with van der Waals surface area (Å²) in [5, 5.41) is 22.3. The molecule has 2 aromatic rings. The number of hydrogen-bond acceptors (Lipinski definition) is 6. The van der Waals surface area contributed by atoms with E-state index in [0.29, 0.717) is 5.56 Å². The first-order valence-electron chi connectivity index (χ1n) is 10.5. The molecule has 158 valence electrons. The molecule has 6 heteroatoms. The number of anilines is 1. The summed E-state index contributed by atoms with van der Waals surface area (Å²) in [4.78, 5) is 12.7. The molecule has 0 aromatic heterocycles. The summed E-state index contributed by atoms with van der Waals surface area (Å²) in [5.74, 6) is 0.372. The maximum absolute atomic E-state index is 12.7. The topological polar surface area (TPSA) is 91.6 Å². The molecule has 1 saturated carbocycles. The lowest BCUT2D eigenvalue weighted by Gasteiger charge is -2.22. The second-order valence-corrected chi connectivity index (χ2v) is 7.39. The van der Waals surface area contributed by atoms with E-state index in [4.69, 9.17) is 14.7 Å². The van der Waals surface area contributed by atoms with Crippen LogP contribution in [0.3, 0.4) is 0 Å². The molecule has 1 aliphatic rings. The lowest BCUT2D eigenvalue weighted by atomic mass is 10.0. The molecule has 0 spiro atoms. The van der Waals surface area contributed by atoms with Gasteiger partial charge in [0.2, 0.25) is 0 Å². The highest BCUT2D eigenvalue weighted by Gasteiger charge is 2.28. The molecule has 6 nitrogen and oxygen atoms in total. The van der Waals surface area contributed by atoms with Crippen molar-refractivity contribution >= 4 is 11.7 Å². The van der Waals surface area contributed by atoms with Crippen molar-refractivity contribution in [2.75, 3.05) is 11.9 Å². The van der Waals surface area contributed by atoms with Crippen LogP contribution in [0.2, 0.25) is 0 Å². The van der Waals surface area contributed by atoms with Crippen LogP contribution in [0.15, 0.2) is 42.5 Å². The number of carbonyl (C=O) groups excluding carboxylic acids is 1. The van der Waals surface area contributed by atoms with Gasteiger partial charge < -0.3 is 19.9 Å². The van der Waals surface area contributed by atoms with E-state index in [1.165, 1.54) is 0 Å². The average Bonchev–Trinajstić information content (AvgIpc) is 3.17. The maximum atomic E-state index is 12.7. The third kappa shape index (κ3) is 5.11. The van der Waals surface area contributed by atoms with Crippen LogP contribution in [0.25, 0.3) is 0 Å². The number of benzene rings is 2. The Labute approximate surface area is 177 Å². The fourth-order valence-electron chi connectivity index (χ4n) is 3.69. The summed E-state index contributed by atoms with van der Waals surface area (Å²) in [6.07, 6.45) is 2.70. The highest BCUT2D eigenvalue weighted by atomic mass is 16.5. The molecule has 2 aromatic carbocycles. The summed E-state index contributed by atoms with van der Waals surface area (Å²) >= 11 is 0. The van der Waals surface area contributed by atoms with Crippen molar-refractivity contribution < 1.29 is 19.4 Å². The molecule has 0 bridgehead atoms. The SMILES string of the molecule is CCOC(=O)C(Nc1ccc(C#N)cc1)c1ccc(OC2CCCC2O)c(CC)c1. The molecule has 3 rings (SSSR count). The number of ether oxygens (including phenoxy) is 2. The van der Waals surface area contributed by atoms with Crippen molar-refractivity contribution in [2.24, 2.45) is 0 Å². The molecule has 3 atom stereocenters. The smallest absolute Gasteiger partial charge is 0.333 e. The number of esters is 1. The van der Waals surface area contributed by atoms with Crippen LogP contribution >= 0.6 is 0 Å². The number of nitrogens with one attached hydrogen (secondary N) is 1. The van der Waals surface area contributed by atoms with Crippen LogP contribution in [0.5, 0.6) is 5.75 Å². The third-order valence-electron chi connectivity index (χ3n) is 5.34. The molecule has 1 aliphatic carbocycles. The summed E-state index contributed by atoms with van der Waals surface area (Å²) < 4.78 is 11.4. The van der Waals surface area contributed by atoms with Gasteiger partial charge in [-0.2, -0.15) is 5.26 Å². The van der Waals surface area contributed by atoms with Crippen molar-refractivity contribution in [3.05, 3.63) is 59.2 Å². The summed E-state index contributed by atoms with van der Waals surface area (Å²) in [6, 6.07) is 14.0. The van der Waals surface area contributed by atoms with Gasteiger partial charge in [0.1, 0.15) is 11.9 Å². The Morgan fingerprint density at radius 2 is 2.00 bits per heavy atom. The third-order valence-corrected chi connectivity index (χ3v) is 5.34. The summed E-state index contributed by atoms with van der Waals surface area (Å²) in [6.45, 7) is 4.09. The maximum Gasteiger partial charge on any atom is 0.333 e. The van der Waals surface area contributed by atoms with Gasteiger partial charge in [-0.05, 0) is 80.1 Å². The molecule has 0 radical (unpaired) electrons. The lowest BCUT2D eigenvalue weighted by molar-refractivity contribution is -0.144. The Hall–Kier alpha value is -3.04. The predicted molar refractivity (Wildman–Crippen MR) is 114 cm³/mol. The lowest BCUT2D eigenvalue weighted by Crippen LogP contribution is -2.26. The van der Waals surface area contributed by atoms with E-state index >= 15 is 0 Å². The quantitative estimate of drug-likeness (QED) is 0.638. The van der Waals surface area contributed by atoms with Crippen molar-refractivity contribution in [3.63, 3.8) is 0 Å². The van der Waals surface area contributed by atoms with Gasteiger partial charge in [0.25, 0.3) is 0 Å². The van der Waals surface area contributed by atoms with E-state index < -0.39 is 12.1 Å². The number of nitrogens with zero attached hydrogens (tertiary/aromatic N) is 1.